The molecule has 2 rings (SSSR count). The standard InChI is InChI=1S/C13H19ClN2O3S/c1-2-16(9-10-5-4-8-19-10)20(17,18)13-11(14)6-3-7-12(13)15/h3,6-7,10H,2,4-5,8-9,15H2,1H3. The normalized spacial score (nSPS) is 19.6. The number of hydrogen-bond donors (Lipinski definition) is 1. The SMILES string of the molecule is CCN(CC1CCCO1)S(=O)(=O)c1c(N)cccc1Cl. The van der Waals surface area contributed by atoms with Gasteiger partial charge in [-0.2, -0.15) is 4.31 Å². The largest absolute Gasteiger partial charge is 0.398 e. The van der Waals surface area contributed by atoms with Crippen molar-refractivity contribution in [2.75, 3.05) is 25.4 Å². The predicted molar refractivity (Wildman–Crippen MR) is 79.3 cm³/mol. The van der Waals surface area contributed by atoms with Crippen LogP contribution < -0.4 is 5.73 Å². The van der Waals surface area contributed by atoms with Crippen molar-refractivity contribution in [1.29, 1.82) is 0 Å². The number of sulfonamides is 1. The zero-order chi connectivity index (χ0) is 14.8. The van der Waals surface area contributed by atoms with Crippen LogP contribution in [0.4, 0.5) is 5.69 Å². The molecular formula is C13H19ClN2O3S. The summed E-state index contributed by atoms with van der Waals surface area (Å²) >= 11 is 6.01. The maximum atomic E-state index is 12.7. The Morgan fingerprint density at radius 1 is 1.50 bits per heavy atom. The van der Waals surface area contributed by atoms with Crippen LogP contribution in [0.1, 0.15) is 19.8 Å². The molecule has 0 saturated carbocycles. The average Bonchev–Trinajstić information content (AvgIpc) is 2.88. The van der Waals surface area contributed by atoms with Gasteiger partial charge >= 0.3 is 0 Å². The Balaban J connectivity index is 2.31. The average molecular weight is 319 g/mol. The predicted octanol–water partition coefficient (Wildman–Crippen LogP) is 2.11. The minimum absolute atomic E-state index is 0.0125. The lowest BCUT2D eigenvalue weighted by atomic mass is 10.2. The summed E-state index contributed by atoms with van der Waals surface area (Å²) in [6, 6.07) is 4.70. The zero-order valence-electron chi connectivity index (χ0n) is 11.4. The van der Waals surface area contributed by atoms with Gasteiger partial charge in [-0.05, 0) is 25.0 Å². The molecule has 2 N–H and O–H groups in total. The Hall–Kier alpha value is -0.820. The first-order valence-corrected chi connectivity index (χ1v) is 8.44. The molecule has 112 valence electrons. The van der Waals surface area contributed by atoms with Gasteiger partial charge in [0.2, 0.25) is 10.0 Å². The number of nitrogen functional groups attached to an aromatic ring is 1. The van der Waals surface area contributed by atoms with Crippen molar-refractivity contribution in [3.63, 3.8) is 0 Å². The van der Waals surface area contributed by atoms with Crippen LogP contribution >= 0.6 is 11.6 Å². The highest BCUT2D eigenvalue weighted by molar-refractivity contribution is 7.89. The van der Waals surface area contributed by atoms with E-state index in [1.165, 1.54) is 10.4 Å². The number of benzene rings is 1. The molecule has 0 radical (unpaired) electrons. The van der Waals surface area contributed by atoms with Gasteiger partial charge in [-0.15, -0.1) is 0 Å². The van der Waals surface area contributed by atoms with Gasteiger partial charge in [-0.3, -0.25) is 0 Å². The molecule has 0 spiro atoms. The van der Waals surface area contributed by atoms with Crippen molar-refractivity contribution in [2.45, 2.75) is 30.8 Å². The molecule has 1 aromatic carbocycles. The Bertz CT molecular complexity index is 551. The van der Waals surface area contributed by atoms with Crippen molar-refractivity contribution < 1.29 is 13.2 Å². The maximum Gasteiger partial charge on any atom is 0.246 e. The fourth-order valence-corrected chi connectivity index (χ4v) is 4.45. The number of hydrogen-bond acceptors (Lipinski definition) is 4. The number of rotatable bonds is 5. The molecule has 1 aliphatic heterocycles. The summed E-state index contributed by atoms with van der Waals surface area (Å²) < 4.78 is 32.3. The Kier molecular flexibility index (Phi) is 4.90. The molecule has 0 aliphatic carbocycles. The number of nitrogens with zero attached hydrogens (tertiary/aromatic N) is 1. The van der Waals surface area contributed by atoms with Gasteiger partial charge < -0.3 is 10.5 Å². The van der Waals surface area contributed by atoms with E-state index in [0.29, 0.717) is 19.7 Å². The Morgan fingerprint density at radius 3 is 2.80 bits per heavy atom. The highest BCUT2D eigenvalue weighted by Crippen LogP contribution is 2.30. The van der Waals surface area contributed by atoms with E-state index < -0.39 is 10.0 Å². The van der Waals surface area contributed by atoms with Crippen molar-refractivity contribution in [3.05, 3.63) is 23.2 Å². The van der Waals surface area contributed by atoms with Crippen molar-refractivity contribution in [2.24, 2.45) is 0 Å². The lowest BCUT2D eigenvalue weighted by molar-refractivity contribution is 0.0947. The van der Waals surface area contributed by atoms with Crippen LogP contribution in [-0.2, 0) is 14.8 Å². The Morgan fingerprint density at radius 2 is 2.25 bits per heavy atom. The summed E-state index contributed by atoms with van der Waals surface area (Å²) in [7, 11) is -3.70. The Labute approximate surface area is 124 Å². The number of halogens is 1. The van der Waals surface area contributed by atoms with Crippen LogP contribution in [0.15, 0.2) is 23.1 Å². The van der Waals surface area contributed by atoms with Gasteiger partial charge in [0.25, 0.3) is 0 Å². The first-order valence-electron chi connectivity index (χ1n) is 6.62. The van der Waals surface area contributed by atoms with Crippen molar-refractivity contribution >= 4 is 27.3 Å². The van der Waals surface area contributed by atoms with Crippen molar-refractivity contribution in [1.82, 2.24) is 4.31 Å². The van der Waals surface area contributed by atoms with E-state index in [2.05, 4.69) is 0 Å². The van der Waals surface area contributed by atoms with E-state index in [9.17, 15) is 8.42 Å². The first-order chi connectivity index (χ1) is 9.46. The monoisotopic (exact) mass is 318 g/mol. The smallest absolute Gasteiger partial charge is 0.246 e. The summed E-state index contributed by atoms with van der Waals surface area (Å²) in [4.78, 5) is -0.0125. The van der Waals surface area contributed by atoms with Crippen molar-refractivity contribution in [3.8, 4) is 0 Å². The van der Waals surface area contributed by atoms with Crippen LogP contribution in [0.2, 0.25) is 5.02 Å². The number of nitrogens with two attached hydrogens (primary N) is 1. The minimum atomic E-state index is -3.70. The third kappa shape index (κ3) is 3.09. The maximum absolute atomic E-state index is 12.7. The van der Waals surface area contributed by atoms with Crippen LogP contribution in [0.25, 0.3) is 0 Å². The summed E-state index contributed by atoms with van der Waals surface area (Å²) in [6.45, 7) is 3.17. The second-order valence-corrected chi connectivity index (χ2v) is 7.03. The highest BCUT2D eigenvalue weighted by Gasteiger charge is 2.30. The first kappa shape index (κ1) is 15.6. The van der Waals surface area contributed by atoms with Crippen LogP contribution in [0.5, 0.6) is 0 Å². The van der Waals surface area contributed by atoms with E-state index in [4.69, 9.17) is 22.1 Å². The molecule has 1 unspecified atom stereocenters. The minimum Gasteiger partial charge on any atom is -0.398 e. The molecule has 5 nitrogen and oxygen atoms in total. The zero-order valence-corrected chi connectivity index (χ0v) is 13.0. The number of anilines is 1. The molecule has 7 heteroatoms. The molecule has 1 aliphatic rings. The molecule has 0 amide bonds. The quantitative estimate of drug-likeness (QED) is 0.844. The molecule has 0 bridgehead atoms. The third-order valence-corrected chi connectivity index (χ3v) is 5.86. The van der Waals surface area contributed by atoms with E-state index in [0.717, 1.165) is 12.8 Å². The van der Waals surface area contributed by atoms with E-state index in [-0.39, 0.29) is 21.7 Å². The molecule has 0 aromatic heterocycles. The molecule has 1 fully saturated rings. The van der Waals surface area contributed by atoms with Gasteiger partial charge in [-0.25, -0.2) is 8.42 Å². The van der Waals surface area contributed by atoms with E-state index in [1.54, 1.807) is 19.1 Å². The molecule has 1 atom stereocenters. The van der Waals surface area contributed by atoms with Crippen LogP contribution in [0.3, 0.4) is 0 Å². The molecule has 1 heterocycles. The summed E-state index contributed by atoms with van der Waals surface area (Å²) in [5, 5.41) is 0.149. The highest BCUT2D eigenvalue weighted by atomic mass is 35.5. The van der Waals surface area contributed by atoms with Gasteiger partial charge in [0.05, 0.1) is 16.8 Å². The van der Waals surface area contributed by atoms with Gasteiger partial charge in [0.1, 0.15) is 4.90 Å². The second-order valence-electron chi connectivity index (χ2n) is 4.75. The summed E-state index contributed by atoms with van der Waals surface area (Å²) in [6.07, 6.45) is 1.80. The number of likely N-dealkylation sites (N-methyl/N-ethyl adjacent to an activating group) is 1. The fourth-order valence-electron chi connectivity index (χ4n) is 2.34. The van der Waals surface area contributed by atoms with Gasteiger partial charge in [0.15, 0.2) is 0 Å². The van der Waals surface area contributed by atoms with Gasteiger partial charge in [-0.1, -0.05) is 24.6 Å². The summed E-state index contributed by atoms with van der Waals surface area (Å²) in [5.74, 6) is 0. The van der Waals surface area contributed by atoms with Gasteiger partial charge in [0, 0.05) is 19.7 Å². The van der Waals surface area contributed by atoms with E-state index in [1.807, 2.05) is 0 Å². The topological polar surface area (TPSA) is 72.6 Å². The third-order valence-electron chi connectivity index (χ3n) is 3.38. The number of ether oxygens (including phenoxy) is 1. The van der Waals surface area contributed by atoms with Crippen LogP contribution in [-0.4, -0.2) is 38.5 Å². The lowest BCUT2D eigenvalue weighted by Crippen LogP contribution is -2.37. The molecular weight excluding hydrogens is 300 g/mol. The molecule has 20 heavy (non-hydrogen) atoms. The molecule has 1 saturated heterocycles. The van der Waals surface area contributed by atoms with E-state index >= 15 is 0 Å². The lowest BCUT2D eigenvalue weighted by Gasteiger charge is -2.24. The second kappa shape index (κ2) is 6.30. The van der Waals surface area contributed by atoms with Crippen LogP contribution in [0, 0.1) is 0 Å². The fraction of sp³-hybridized carbons (Fsp3) is 0.538. The summed E-state index contributed by atoms with van der Waals surface area (Å²) in [5.41, 5.74) is 5.96. The molecule has 1 aromatic rings.